The Labute approximate surface area is 121 Å². The Bertz CT molecular complexity index is 615. The number of nitrogens with zero attached hydrogens (tertiary/aromatic N) is 1. The lowest BCUT2D eigenvalue weighted by molar-refractivity contribution is 0.601. The molecule has 0 bridgehead atoms. The molecule has 0 amide bonds. The molecule has 0 saturated carbocycles. The van der Waals surface area contributed by atoms with Crippen molar-refractivity contribution in [2.24, 2.45) is 5.73 Å². The van der Waals surface area contributed by atoms with Gasteiger partial charge < -0.3 is 10.6 Å². The van der Waals surface area contributed by atoms with Gasteiger partial charge in [-0.2, -0.15) is 0 Å². The average Bonchev–Trinajstić information content (AvgIpc) is 2.68. The predicted molar refractivity (Wildman–Crippen MR) is 80.6 cm³/mol. The van der Waals surface area contributed by atoms with Crippen LogP contribution < -0.4 is 10.6 Å². The number of halogens is 1. The lowest BCUT2D eigenvalue weighted by atomic mass is 10.1. The molecular formula is C12H16BrN3O2S. The zero-order valence-corrected chi connectivity index (χ0v) is 13.0. The Kier molecular flexibility index (Phi) is 3.87. The van der Waals surface area contributed by atoms with Crippen molar-refractivity contribution >= 4 is 37.3 Å². The first-order valence-corrected chi connectivity index (χ1v) is 8.49. The van der Waals surface area contributed by atoms with Crippen LogP contribution in [0, 0.1) is 5.41 Å². The van der Waals surface area contributed by atoms with E-state index >= 15 is 0 Å². The third-order valence-electron chi connectivity index (χ3n) is 3.39. The minimum absolute atomic E-state index is 0.0183. The van der Waals surface area contributed by atoms with E-state index in [4.69, 9.17) is 11.1 Å². The summed E-state index contributed by atoms with van der Waals surface area (Å²) in [4.78, 5) is 1.91. The Hall–Kier alpha value is -1.08. The Balaban J connectivity index is 2.36. The van der Waals surface area contributed by atoms with Gasteiger partial charge in [-0.25, -0.2) is 8.42 Å². The molecular weight excluding hydrogens is 330 g/mol. The zero-order chi connectivity index (χ0) is 14.2. The Morgan fingerprint density at radius 3 is 2.74 bits per heavy atom. The summed E-state index contributed by atoms with van der Waals surface area (Å²) in [5.74, 6) is 0.369. The van der Waals surface area contributed by atoms with Crippen LogP contribution >= 0.6 is 15.9 Å². The number of sulfone groups is 1. The molecule has 1 aliphatic heterocycles. The first kappa shape index (κ1) is 14.3. The van der Waals surface area contributed by atoms with Crippen LogP contribution in [0.15, 0.2) is 22.7 Å². The van der Waals surface area contributed by atoms with Crippen molar-refractivity contribution in [3.63, 3.8) is 0 Å². The number of benzene rings is 1. The van der Waals surface area contributed by atoms with Crippen molar-refractivity contribution in [3.05, 3.63) is 28.2 Å². The molecule has 1 heterocycles. The molecule has 1 aliphatic rings. The molecule has 1 fully saturated rings. The fourth-order valence-corrected chi connectivity index (χ4v) is 4.43. The van der Waals surface area contributed by atoms with Gasteiger partial charge in [0.05, 0.1) is 11.5 Å². The van der Waals surface area contributed by atoms with E-state index in [-0.39, 0.29) is 23.4 Å². The number of nitrogen functional groups attached to an aromatic ring is 1. The molecule has 1 unspecified atom stereocenters. The van der Waals surface area contributed by atoms with Crippen molar-refractivity contribution in [2.75, 3.05) is 23.5 Å². The lowest BCUT2D eigenvalue weighted by Crippen LogP contribution is -2.34. The second-order valence-corrected chi connectivity index (χ2v) is 7.89. The Morgan fingerprint density at radius 1 is 1.53 bits per heavy atom. The summed E-state index contributed by atoms with van der Waals surface area (Å²) < 4.78 is 24.0. The van der Waals surface area contributed by atoms with Crippen molar-refractivity contribution < 1.29 is 8.42 Å². The van der Waals surface area contributed by atoms with E-state index in [1.807, 2.05) is 24.1 Å². The fraction of sp³-hybridized carbons (Fsp3) is 0.417. The van der Waals surface area contributed by atoms with Gasteiger partial charge in [-0.15, -0.1) is 0 Å². The standard InChI is InChI=1S/C12H16BrN3O2S/c1-16(9-4-5-19(17,18)7-9)11-6-8(13)2-3-10(11)12(14)15/h2-3,6,9H,4-5,7H2,1H3,(H3,14,15). The highest BCUT2D eigenvalue weighted by atomic mass is 79.9. The monoisotopic (exact) mass is 345 g/mol. The summed E-state index contributed by atoms with van der Waals surface area (Å²) in [6, 6.07) is 5.39. The van der Waals surface area contributed by atoms with Gasteiger partial charge >= 0.3 is 0 Å². The van der Waals surface area contributed by atoms with Crippen LogP contribution in [0.4, 0.5) is 5.69 Å². The minimum Gasteiger partial charge on any atom is -0.384 e. The largest absolute Gasteiger partial charge is 0.384 e. The van der Waals surface area contributed by atoms with E-state index in [0.717, 1.165) is 10.2 Å². The van der Waals surface area contributed by atoms with Gasteiger partial charge in [0.1, 0.15) is 5.84 Å². The maximum absolute atomic E-state index is 11.6. The maximum Gasteiger partial charge on any atom is 0.152 e. The maximum atomic E-state index is 11.6. The summed E-state index contributed by atoms with van der Waals surface area (Å²) in [5.41, 5.74) is 6.98. The van der Waals surface area contributed by atoms with Crippen LogP contribution in [-0.4, -0.2) is 38.8 Å². The molecule has 104 valence electrons. The molecule has 0 aliphatic carbocycles. The van der Waals surface area contributed by atoms with Crippen molar-refractivity contribution in [3.8, 4) is 0 Å². The van der Waals surface area contributed by atoms with Crippen LogP contribution in [0.2, 0.25) is 0 Å². The summed E-state index contributed by atoms with van der Waals surface area (Å²) in [7, 11) is -1.08. The predicted octanol–water partition coefficient (Wildman–Crippen LogP) is 1.36. The van der Waals surface area contributed by atoms with Crippen LogP contribution in [0.5, 0.6) is 0 Å². The van der Waals surface area contributed by atoms with Crippen LogP contribution in [0.3, 0.4) is 0 Å². The molecule has 2 rings (SSSR count). The average molecular weight is 346 g/mol. The van der Waals surface area contributed by atoms with Gasteiger partial charge in [-0.3, -0.25) is 5.41 Å². The van der Waals surface area contributed by atoms with Crippen LogP contribution in [0.1, 0.15) is 12.0 Å². The minimum atomic E-state index is -2.93. The highest BCUT2D eigenvalue weighted by molar-refractivity contribution is 9.10. The number of nitrogens with two attached hydrogens (primary N) is 1. The molecule has 1 atom stereocenters. The molecule has 0 radical (unpaired) electrons. The van der Waals surface area contributed by atoms with Gasteiger partial charge in [-0.1, -0.05) is 15.9 Å². The quantitative estimate of drug-likeness (QED) is 0.639. The third kappa shape index (κ3) is 3.09. The normalized spacial score (nSPS) is 21.3. The van der Waals surface area contributed by atoms with E-state index in [2.05, 4.69) is 15.9 Å². The van der Waals surface area contributed by atoms with Crippen molar-refractivity contribution in [2.45, 2.75) is 12.5 Å². The topological polar surface area (TPSA) is 87.2 Å². The number of hydrogen-bond donors (Lipinski definition) is 2. The first-order chi connectivity index (χ1) is 8.80. The van der Waals surface area contributed by atoms with E-state index in [0.29, 0.717) is 12.0 Å². The molecule has 1 aromatic carbocycles. The van der Waals surface area contributed by atoms with Gasteiger partial charge in [0, 0.05) is 28.8 Å². The number of anilines is 1. The number of rotatable bonds is 3. The number of amidine groups is 1. The second-order valence-electron chi connectivity index (χ2n) is 4.74. The molecule has 1 saturated heterocycles. The summed E-state index contributed by atoms with van der Waals surface area (Å²) >= 11 is 3.39. The molecule has 5 nitrogen and oxygen atoms in total. The summed E-state index contributed by atoms with van der Waals surface area (Å²) in [6.07, 6.45) is 0.614. The van der Waals surface area contributed by atoms with Gasteiger partial charge in [0.25, 0.3) is 0 Å². The van der Waals surface area contributed by atoms with Crippen LogP contribution in [-0.2, 0) is 9.84 Å². The molecule has 1 aromatic rings. The highest BCUT2D eigenvalue weighted by Gasteiger charge is 2.31. The number of nitrogens with one attached hydrogen (secondary N) is 1. The molecule has 3 N–H and O–H groups in total. The van der Waals surface area contributed by atoms with Crippen LogP contribution in [0.25, 0.3) is 0 Å². The zero-order valence-electron chi connectivity index (χ0n) is 10.6. The highest BCUT2D eigenvalue weighted by Crippen LogP contribution is 2.28. The molecule has 0 spiro atoms. The number of hydrogen-bond acceptors (Lipinski definition) is 4. The van der Waals surface area contributed by atoms with E-state index < -0.39 is 9.84 Å². The van der Waals surface area contributed by atoms with Crippen molar-refractivity contribution in [1.82, 2.24) is 0 Å². The van der Waals surface area contributed by atoms with Gasteiger partial charge in [0.15, 0.2) is 9.84 Å². The SMILES string of the molecule is CN(c1cc(Br)ccc1C(=N)N)C1CCS(=O)(=O)C1. The lowest BCUT2D eigenvalue weighted by Gasteiger charge is -2.27. The van der Waals surface area contributed by atoms with E-state index in [1.165, 1.54) is 0 Å². The Morgan fingerprint density at radius 2 is 2.21 bits per heavy atom. The molecule has 0 aromatic heterocycles. The van der Waals surface area contributed by atoms with E-state index in [9.17, 15) is 8.42 Å². The van der Waals surface area contributed by atoms with E-state index in [1.54, 1.807) is 6.07 Å². The molecule has 19 heavy (non-hydrogen) atoms. The van der Waals surface area contributed by atoms with Gasteiger partial charge in [0.2, 0.25) is 0 Å². The second kappa shape index (κ2) is 5.13. The summed E-state index contributed by atoms with van der Waals surface area (Å²) in [6.45, 7) is 0. The smallest absolute Gasteiger partial charge is 0.152 e. The van der Waals surface area contributed by atoms with Gasteiger partial charge in [-0.05, 0) is 24.6 Å². The van der Waals surface area contributed by atoms with Crippen molar-refractivity contribution in [1.29, 1.82) is 5.41 Å². The third-order valence-corrected chi connectivity index (χ3v) is 5.63. The fourth-order valence-electron chi connectivity index (χ4n) is 2.30. The molecule has 7 heteroatoms. The first-order valence-electron chi connectivity index (χ1n) is 5.87. The summed E-state index contributed by atoms with van der Waals surface area (Å²) in [5, 5.41) is 7.61.